The second kappa shape index (κ2) is 9.20. The van der Waals surface area contributed by atoms with Crippen LogP contribution >= 0.6 is 11.6 Å². The molecule has 0 radical (unpaired) electrons. The highest BCUT2D eigenvalue weighted by atomic mass is 35.5. The number of para-hydroxylation sites is 2. The molecule has 1 aromatic heterocycles. The molecule has 1 heterocycles. The molecule has 0 bridgehead atoms. The number of ketones is 1. The van der Waals surface area contributed by atoms with Crippen molar-refractivity contribution in [1.82, 2.24) is 4.98 Å². The highest BCUT2D eigenvalue weighted by molar-refractivity contribution is 6.30. The first-order chi connectivity index (χ1) is 15.5. The molecule has 32 heavy (non-hydrogen) atoms. The first kappa shape index (κ1) is 21.5. The topological polar surface area (TPSA) is 65.5 Å². The molecule has 0 aliphatic carbocycles. The average Bonchev–Trinajstić information content (AvgIpc) is 2.81. The van der Waals surface area contributed by atoms with E-state index in [1.165, 1.54) is 7.11 Å². The number of aromatic nitrogens is 1. The van der Waals surface area contributed by atoms with Gasteiger partial charge in [-0.3, -0.25) is 4.79 Å². The number of pyridine rings is 1. The van der Waals surface area contributed by atoms with Gasteiger partial charge in [0.2, 0.25) is 5.78 Å². The molecule has 0 aliphatic rings. The van der Waals surface area contributed by atoms with Crippen molar-refractivity contribution in [2.45, 2.75) is 6.92 Å². The Morgan fingerprint density at radius 3 is 2.50 bits per heavy atom. The van der Waals surface area contributed by atoms with E-state index in [9.17, 15) is 9.59 Å². The molecular weight excluding hydrogens is 426 g/mol. The number of halogens is 1. The van der Waals surface area contributed by atoms with E-state index in [-0.39, 0.29) is 5.78 Å². The Labute approximate surface area is 190 Å². The molecule has 0 atom stereocenters. The lowest BCUT2D eigenvalue weighted by molar-refractivity contribution is 0.0475. The molecule has 4 aromatic rings. The third-order valence-corrected chi connectivity index (χ3v) is 5.41. The summed E-state index contributed by atoms with van der Waals surface area (Å²) < 4.78 is 10.7. The van der Waals surface area contributed by atoms with E-state index in [1.807, 2.05) is 43.3 Å². The molecule has 0 saturated carbocycles. The van der Waals surface area contributed by atoms with E-state index in [2.05, 4.69) is 0 Å². The lowest BCUT2D eigenvalue weighted by atomic mass is 9.98. The molecule has 3 aromatic carbocycles. The molecule has 160 valence electrons. The number of nitrogens with zero attached hydrogens (tertiary/aromatic N) is 1. The summed E-state index contributed by atoms with van der Waals surface area (Å²) in [7, 11) is 1.49. The van der Waals surface area contributed by atoms with Crippen molar-refractivity contribution in [3.05, 3.63) is 94.5 Å². The van der Waals surface area contributed by atoms with Crippen LogP contribution in [0.3, 0.4) is 0 Å². The number of benzene rings is 3. The SMILES string of the molecule is COc1ccccc1C(=O)COC(=O)c1c(C)c(-c2cccc(Cl)c2)nc2ccccc12. The Balaban J connectivity index is 1.71. The zero-order valence-electron chi connectivity index (χ0n) is 17.6. The molecule has 4 rings (SSSR count). The summed E-state index contributed by atoms with van der Waals surface area (Å²) in [5.41, 5.74) is 3.46. The maximum atomic E-state index is 13.2. The number of fused-ring (bicyclic) bond motifs is 1. The third kappa shape index (κ3) is 4.20. The van der Waals surface area contributed by atoms with Gasteiger partial charge in [0.05, 0.1) is 29.4 Å². The molecule has 0 N–H and O–H groups in total. The van der Waals surface area contributed by atoms with Gasteiger partial charge in [-0.05, 0) is 42.8 Å². The van der Waals surface area contributed by atoms with Crippen LogP contribution in [0.15, 0.2) is 72.8 Å². The number of methoxy groups -OCH3 is 1. The zero-order chi connectivity index (χ0) is 22.7. The lowest BCUT2D eigenvalue weighted by Crippen LogP contribution is -2.16. The van der Waals surface area contributed by atoms with Gasteiger partial charge in [0.15, 0.2) is 6.61 Å². The van der Waals surface area contributed by atoms with E-state index in [1.54, 1.807) is 36.4 Å². The number of ether oxygens (including phenoxy) is 2. The van der Waals surface area contributed by atoms with Crippen molar-refractivity contribution in [2.24, 2.45) is 0 Å². The lowest BCUT2D eigenvalue weighted by Gasteiger charge is -2.14. The van der Waals surface area contributed by atoms with E-state index in [0.717, 1.165) is 5.56 Å². The fourth-order valence-corrected chi connectivity index (χ4v) is 3.83. The first-order valence-corrected chi connectivity index (χ1v) is 10.4. The highest BCUT2D eigenvalue weighted by Crippen LogP contribution is 2.31. The molecule has 0 saturated heterocycles. The van der Waals surface area contributed by atoms with Crippen molar-refractivity contribution in [3.8, 4) is 17.0 Å². The van der Waals surface area contributed by atoms with Crippen molar-refractivity contribution < 1.29 is 19.1 Å². The number of esters is 1. The zero-order valence-corrected chi connectivity index (χ0v) is 18.3. The number of hydrogen-bond donors (Lipinski definition) is 0. The Kier molecular flexibility index (Phi) is 6.19. The number of hydrogen-bond acceptors (Lipinski definition) is 5. The van der Waals surface area contributed by atoms with Crippen LogP contribution in [0.5, 0.6) is 5.75 Å². The Bertz CT molecular complexity index is 1330. The fourth-order valence-electron chi connectivity index (χ4n) is 3.64. The van der Waals surface area contributed by atoms with Crippen LogP contribution < -0.4 is 4.74 Å². The first-order valence-electron chi connectivity index (χ1n) is 9.98. The summed E-state index contributed by atoms with van der Waals surface area (Å²) in [5, 5.41) is 1.23. The summed E-state index contributed by atoms with van der Waals surface area (Å²) in [6.07, 6.45) is 0. The third-order valence-electron chi connectivity index (χ3n) is 5.18. The standard InChI is InChI=1S/C26H20ClNO4/c1-16-24(26(30)32-15-22(29)20-11-4-6-13-23(20)31-2)19-10-3-5-12-21(19)28-25(16)17-8-7-9-18(27)14-17/h3-14H,15H2,1-2H3. The van der Waals surface area contributed by atoms with Crippen LogP contribution in [-0.4, -0.2) is 30.5 Å². The molecule has 0 aliphatic heterocycles. The number of Topliss-reactive ketones (excluding diaryl/α,β-unsaturated/α-hetero) is 1. The fraction of sp³-hybridized carbons (Fsp3) is 0.115. The second-order valence-corrected chi connectivity index (χ2v) is 7.62. The van der Waals surface area contributed by atoms with Gasteiger partial charge in [0, 0.05) is 16.0 Å². The van der Waals surface area contributed by atoms with E-state index in [4.69, 9.17) is 26.1 Å². The highest BCUT2D eigenvalue weighted by Gasteiger charge is 2.22. The van der Waals surface area contributed by atoms with E-state index < -0.39 is 12.6 Å². The van der Waals surface area contributed by atoms with Gasteiger partial charge in [-0.25, -0.2) is 9.78 Å². The number of carbonyl (C=O) groups excluding carboxylic acids is 2. The minimum absolute atomic E-state index is 0.345. The summed E-state index contributed by atoms with van der Waals surface area (Å²) in [5.74, 6) is -0.503. The van der Waals surface area contributed by atoms with Crippen molar-refractivity contribution in [2.75, 3.05) is 13.7 Å². The molecule has 0 amide bonds. The summed E-state index contributed by atoms with van der Waals surface area (Å²) in [4.78, 5) is 30.6. The minimum atomic E-state index is -0.590. The average molecular weight is 446 g/mol. The van der Waals surface area contributed by atoms with Crippen LogP contribution in [0.4, 0.5) is 0 Å². The monoisotopic (exact) mass is 445 g/mol. The van der Waals surface area contributed by atoms with Crippen LogP contribution in [-0.2, 0) is 4.74 Å². The maximum Gasteiger partial charge on any atom is 0.339 e. The normalized spacial score (nSPS) is 10.7. The predicted molar refractivity (Wildman–Crippen MR) is 125 cm³/mol. The van der Waals surface area contributed by atoms with Gasteiger partial charge in [-0.2, -0.15) is 0 Å². The molecule has 0 unspecified atom stereocenters. The van der Waals surface area contributed by atoms with Gasteiger partial charge in [-0.15, -0.1) is 0 Å². The Morgan fingerprint density at radius 1 is 0.969 bits per heavy atom. The van der Waals surface area contributed by atoms with Crippen LogP contribution in [0, 0.1) is 6.92 Å². The van der Waals surface area contributed by atoms with E-state index in [0.29, 0.717) is 44.1 Å². The maximum absolute atomic E-state index is 13.2. The second-order valence-electron chi connectivity index (χ2n) is 7.19. The largest absolute Gasteiger partial charge is 0.496 e. The Hall–Kier alpha value is -3.70. The van der Waals surface area contributed by atoms with Gasteiger partial charge >= 0.3 is 5.97 Å². The quantitative estimate of drug-likeness (QED) is 0.272. The molecular formula is C26H20ClNO4. The minimum Gasteiger partial charge on any atom is -0.496 e. The number of rotatable bonds is 6. The predicted octanol–water partition coefficient (Wildman–Crippen LogP) is 5.91. The van der Waals surface area contributed by atoms with Gasteiger partial charge in [0.1, 0.15) is 5.75 Å². The summed E-state index contributed by atoms with van der Waals surface area (Å²) in [6, 6.07) is 21.5. The summed E-state index contributed by atoms with van der Waals surface area (Å²) in [6.45, 7) is 1.41. The Morgan fingerprint density at radius 2 is 1.72 bits per heavy atom. The van der Waals surface area contributed by atoms with Crippen molar-refractivity contribution in [3.63, 3.8) is 0 Å². The van der Waals surface area contributed by atoms with Crippen LogP contribution in [0.1, 0.15) is 26.3 Å². The van der Waals surface area contributed by atoms with Gasteiger partial charge < -0.3 is 9.47 Å². The summed E-state index contributed by atoms with van der Waals surface area (Å²) >= 11 is 6.17. The van der Waals surface area contributed by atoms with Crippen molar-refractivity contribution >= 4 is 34.3 Å². The van der Waals surface area contributed by atoms with Crippen molar-refractivity contribution in [1.29, 1.82) is 0 Å². The van der Waals surface area contributed by atoms with Crippen LogP contribution in [0.2, 0.25) is 5.02 Å². The molecule has 5 nitrogen and oxygen atoms in total. The van der Waals surface area contributed by atoms with Gasteiger partial charge in [-0.1, -0.05) is 54.1 Å². The van der Waals surface area contributed by atoms with Gasteiger partial charge in [0.25, 0.3) is 0 Å². The van der Waals surface area contributed by atoms with Crippen LogP contribution in [0.25, 0.3) is 22.2 Å². The molecule has 6 heteroatoms. The smallest absolute Gasteiger partial charge is 0.339 e. The molecule has 0 spiro atoms. The molecule has 0 fully saturated rings. The van der Waals surface area contributed by atoms with E-state index >= 15 is 0 Å². The number of carbonyl (C=O) groups is 2.